The van der Waals surface area contributed by atoms with Crippen LogP contribution < -0.4 is 11.1 Å². The van der Waals surface area contributed by atoms with Gasteiger partial charge >= 0.3 is 0 Å². The van der Waals surface area contributed by atoms with Crippen molar-refractivity contribution in [1.82, 2.24) is 9.78 Å². The minimum absolute atomic E-state index is 0.0308. The van der Waals surface area contributed by atoms with Crippen LogP contribution in [0.4, 0.5) is 11.5 Å². The number of amides is 1. The zero-order valence-corrected chi connectivity index (χ0v) is 12.4. The Balaban J connectivity index is 1.97. The average molecular weight is 286 g/mol. The molecule has 0 saturated carbocycles. The molecule has 2 aromatic rings. The molecule has 0 aliphatic rings. The monoisotopic (exact) mass is 286 g/mol. The van der Waals surface area contributed by atoms with Gasteiger partial charge in [0, 0.05) is 18.2 Å². The van der Waals surface area contributed by atoms with Gasteiger partial charge in [-0.2, -0.15) is 5.10 Å². The Kier molecular flexibility index (Phi) is 5.37. The van der Waals surface area contributed by atoms with Gasteiger partial charge in [0.15, 0.2) is 0 Å². The standard InChI is InChI=1S/C16H22N4O/c1-2-3-4-5-6-16(21)19-15-11-12-18-20(15)14-9-7-13(17)8-10-14/h7-12H,2-6,17H2,1H3,(H,19,21). The minimum atomic E-state index is 0.0308. The smallest absolute Gasteiger partial charge is 0.225 e. The van der Waals surface area contributed by atoms with Crippen LogP contribution in [-0.4, -0.2) is 15.7 Å². The number of carbonyl (C=O) groups is 1. The Hall–Kier alpha value is -2.30. The van der Waals surface area contributed by atoms with Gasteiger partial charge in [-0.3, -0.25) is 4.79 Å². The van der Waals surface area contributed by atoms with E-state index in [0.29, 0.717) is 17.9 Å². The molecule has 21 heavy (non-hydrogen) atoms. The van der Waals surface area contributed by atoms with Crippen LogP contribution in [0.25, 0.3) is 5.69 Å². The van der Waals surface area contributed by atoms with Crippen molar-refractivity contribution in [3.8, 4) is 5.69 Å². The van der Waals surface area contributed by atoms with E-state index in [0.717, 1.165) is 18.5 Å². The summed E-state index contributed by atoms with van der Waals surface area (Å²) in [6.07, 6.45) is 6.59. The third-order valence-corrected chi connectivity index (χ3v) is 3.31. The molecule has 1 amide bonds. The number of nitrogens with two attached hydrogens (primary N) is 1. The highest BCUT2D eigenvalue weighted by Crippen LogP contribution is 2.16. The third-order valence-electron chi connectivity index (χ3n) is 3.31. The molecule has 0 aliphatic heterocycles. The zero-order chi connectivity index (χ0) is 15.1. The molecule has 0 atom stereocenters. The summed E-state index contributed by atoms with van der Waals surface area (Å²) >= 11 is 0. The van der Waals surface area contributed by atoms with E-state index in [1.54, 1.807) is 16.9 Å². The fourth-order valence-electron chi connectivity index (χ4n) is 2.14. The van der Waals surface area contributed by atoms with Crippen LogP contribution >= 0.6 is 0 Å². The molecule has 0 aliphatic carbocycles. The Labute approximate surface area is 125 Å². The SMILES string of the molecule is CCCCCCC(=O)Nc1ccnn1-c1ccc(N)cc1. The number of unbranched alkanes of at least 4 members (excludes halogenated alkanes) is 3. The lowest BCUT2D eigenvalue weighted by molar-refractivity contribution is -0.116. The van der Waals surface area contributed by atoms with Crippen LogP contribution in [0.1, 0.15) is 39.0 Å². The number of rotatable bonds is 7. The van der Waals surface area contributed by atoms with Crippen LogP contribution in [0.3, 0.4) is 0 Å². The van der Waals surface area contributed by atoms with Crippen LogP contribution in [-0.2, 0) is 4.79 Å². The Morgan fingerprint density at radius 1 is 1.19 bits per heavy atom. The summed E-state index contributed by atoms with van der Waals surface area (Å²) in [4.78, 5) is 11.9. The second-order valence-corrected chi connectivity index (χ2v) is 5.08. The van der Waals surface area contributed by atoms with Crippen molar-refractivity contribution in [2.75, 3.05) is 11.1 Å². The Bertz CT molecular complexity index is 574. The summed E-state index contributed by atoms with van der Waals surface area (Å²) in [7, 11) is 0. The van der Waals surface area contributed by atoms with Crippen LogP contribution in [0.2, 0.25) is 0 Å². The number of carbonyl (C=O) groups excluding carboxylic acids is 1. The molecule has 1 aromatic heterocycles. The summed E-state index contributed by atoms with van der Waals surface area (Å²) in [5, 5.41) is 7.15. The van der Waals surface area contributed by atoms with Crippen molar-refractivity contribution in [2.24, 2.45) is 0 Å². The second-order valence-electron chi connectivity index (χ2n) is 5.08. The van der Waals surface area contributed by atoms with E-state index in [-0.39, 0.29) is 5.91 Å². The Morgan fingerprint density at radius 3 is 2.67 bits per heavy atom. The summed E-state index contributed by atoms with van der Waals surface area (Å²) < 4.78 is 1.70. The van der Waals surface area contributed by atoms with Gasteiger partial charge in [0.2, 0.25) is 5.91 Å². The van der Waals surface area contributed by atoms with Gasteiger partial charge in [0.25, 0.3) is 0 Å². The summed E-state index contributed by atoms with van der Waals surface area (Å²) in [5.74, 6) is 0.712. The van der Waals surface area contributed by atoms with Crippen molar-refractivity contribution in [3.63, 3.8) is 0 Å². The molecule has 0 radical (unpaired) electrons. The number of hydrogen-bond acceptors (Lipinski definition) is 3. The van der Waals surface area contributed by atoms with Crippen LogP contribution in [0.5, 0.6) is 0 Å². The number of aromatic nitrogens is 2. The summed E-state index contributed by atoms with van der Waals surface area (Å²) in [6.45, 7) is 2.16. The van der Waals surface area contributed by atoms with Gasteiger partial charge in [-0.15, -0.1) is 0 Å². The quantitative estimate of drug-likeness (QED) is 0.605. The molecule has 2 rings (SSSR count). The summed E-state index contributed by atoms with van der Waals surface area (Å²) in [6, 6.07) is 9.17. The molecule has 0 saturated heterocycles. The topological polar surface area (TPSA) is 72.9 Å². The van der Waals surface area contributed by atoms with E-state index < -0.39 is 0 Å². The molecule has 0 bridgehead atoms. The Morgan fingerprint density at radius 2 is 1.95 bits per heavy atom. The average Bonchev–Trinajstić information content (AvgIpc) is 2.92. The highest BCUT2D eigenvalue weighted by Gasteiger charge is 2.08. The first kappa shape index (κ1) is 15.1. The molecule has 0 spiro atoms. The van der Waals surface area contributed by atoms with Gasteiger partial charge in [-0.1, -0.05) is 26.2 Å². The summed E-state index contributed by atoms with van der Waals surface area (Å²) in [5.41, 5.74) is 7.25. The molecule has 0 unspecified atom stereocenters. The van der Waals surface area contributed by atoms with Crippen molar-refractivity contribution in [2.45, 2.75) is 39.0 Å². The number of nitrogens with zero attached hydrogens (tertiary/aromatic N) is 2. The number of nitrogen functional groups attached to an aromatic ring is 1. The van der Waals surface area contributed by atoms with Crippen LogP contribution in [0.15, 0.2) is 36.5 Å². The molecule has 112 valence electrons. The number of benzene rings is 1. The molecule has 5 heteroatoms. The van der Waals surface area contributed by atoms with Crippen molar-refractivity contribution >= 4 is 17.4 Å². The first-order chi connectivity index (χ1) is 10.2. The molecule has 1 aromatic carbocycles. The highest BCUT2D eigenvalue weighted by molar-refractivity contribution is 5.90. The number of nitrogens with one attached hydrogen (secondary N) is 1. The van der Waals surface area contributed by atoms with Gasteiger partial charge in [-0.05, 0) is 30.7 Å². The normalized spacial score (nSPS) is 10.5. The van der Waals surface area contributed by atoms with Gasteiger partial charge in [0.05, 0.1) is 11.9 Å². The maximum absolute atomic E-state index is 11.9. The zero-order valence-electron chi connectivity index (χ0n) is 12.4. The second kappa shape index (κ2) is 7.47. The molecule has 0 fully saturated rings. The van der Waals surface area contributed by atoms with E-state index in [1.807, 2.05) is 24.3 Å². The predicted molar refractivity (Wildman–Crippen MR) is 85.4 cm³/mol. The van der Waals surface area contributed by atoms with E-state index in [1.165, 1.54) is 12.8 Å². The lowest BCUT2D eigenvalue weighted by Gasteiger charge is -2.09. The third kappa shape index (κ3) is 4.34. The van der Waals surface area contributed by atoms with E-state index >= 15 is 0 Å². The minimum Gasteiger partial charge on any atom is -0.399 e. The fourth-order valence-corrected chi connectivity index (χ4v) is 2.14. The number of hydrogen-bond donors (Lipinski definition) is 2. The fraction of sp³-hybridized carbons (Fsp3) is 0.375. The molecular weight excluding hydrogens is 264 g/mol. The van der Waals surface area contributed by atoms with E-state index in [2.05, 4.69) is 17.3 Å². The first-order valence-corrected chi connectivity index (χ1v) is 7.40. The maximum atomic E-state index is 11.9. The lowest BCUT2D eigenvalue weighted by Crippen LogP contribution is -2.14. The molecule has 5 nitrogen and oxygen atoms in total. The molecule has 3 N–H and O–H groups in total. The highest BCUT2D eigenvalue weighted by atomic mass is 16.1. The van der Waals surface area contributed by atoms with Gasteiger partial charge in [0.1, 0.15) is 5.82 Å². The number of anilines is 2. The van der Waals surface area contributed by atoms with Gasteiger partial charge < -0.3 is 11.1 Å². The van der Waals surface area contributed by atoms with Crippen molar-refractivity contribution in [3.05, 3.63) is 36.5 Å². The predicted octanol–water partition coefficient (Wildman–Crippen LogP) is 3.36. The van der Waals surface area contributed by atoms with Crippen LogP contribution in [0, 0.1) is 0 Å². The first-order valence-electron chi connectivity index (χ1n) is 7.40. The van der Waals surface area contributed by atoms with E-state index in [9.17, 15) is 4.79 Å². The lowest BCUT2D eigenvalue weighted by atomic mass is 10.1. The van der Waals surface area contributed by atoms with Crippen molar-refractivity contribution < 1.29 is 4.79 Å². The molecule has 1 heterocycles. The van der Waals surface area contributed by atoms with E-state index in [4.69, 9.17) is 5.73 Å². The van der Waals surface area contributed by atoms with Gasteiger partial charge in [-0.25, -0.2) is 4.68 Å². The maximum Gasteiger partial charge on any atom is 0.225 e. The largest absolute Gasteiger partial charge is 0.399 e. The van der Waals surface area contributed by atoms with Crippen molar-refractivity contribution in [1.29, 1.82) is 0 Å². The molecular formula is C16H22N4O.